The van der Waals surface area contributed by atoms with Gasteiger partial charge in [0.05, 0.1) is 0 Å². The first-order valence-corrected chi connectivity index (χ1v) is 7.01. The Hall–Kier alpha value is -0.850. The summed E-state index contributed by atoms with van der Waals surface area (Å²) in [6, 6.07) is 3.38. The second kappa shape index (κ2) is 6.92. The summed E-state index contributed by atoms with van der Waals surface area (Å²) in [4.78, 5) is 14.1. The first-order valence-electron chi connectivity index (χ1n) is 6.22. The number of halogens is 1. The van der Waals surface area contributed by atoms with Gasteiger partial charge < -0.3 is 20.0 Å². The second-order valence-corrected chi connectivity index (χ2v) is 5.09. The molecule has 0 spiro atoms. The average molecular weight is 316 g/mol. The zero-order valence-corrected chi connectivity index (χ0v) is 11.8. The Labute approximate surface area is 115 Å². The standard InChI is InChI=1S/C12H18BrN3O2/c13-11-3-2-10(18-11)12(17)15-4-1-7-16-8-5-14-6-9-16/h2-3,14H,1,4-9H2,(H,15,17). The van der Waals surface area contributed by atoms with Gasteiger partial charge in [-0.05, 0) is 41.0 Å². The number of carbonyl (C=O) groups excluding carboxylic acids is 1. The predicted octanol–water partition coefficient (Wildman–Crippen LogP) is 1.07. The number of nitrogens with one attached hydrogen (secondary N) is 2. The molecule has 100 valence electrons. The fraction of sp³-hybridized carbons (Fsp3) is 0.583. The minimum absolute atomic E-state index is 0.152. The SMILES string of the molecule is O=C(NCCCN1CCNCC1)c1ccc(Br)o1. The third kappa shape index (κ3) is 4.12. The van der Waals surface area contributed by atoms with Gasteiger partial charge in [-0.15, -0.1) is 0 Å². The molecule has 0 radical (unpaired) electrons. The van der Waals surface area contributed by atoms with Crippen LogP contribution in [0.4, 0.5) is 0 Å². The molecule has 0 unspecified atom stereocenters. The summed E-state index contributed by atoms with van der Waals surface area (Å²) in [7, 11) is 0. The first-order chi connectivity index (χ1) is 8.75. The van der Waals surface area contributed by atoms with Crippen LogP contribution < -0.4 is 10.6 Å². The molecule has 0 aliphatic carbocycles. The summed E-state index contributed by atoms with van der Waals surface area (Å²) >= 11 is 3.18. The van der Waals surface area contributed by atoms with Crippen molar-refractivity contribution in [2.75, 3.05) is 39.3 Å². The Balaban J connectivity index is 1.61. The lowest BCUT2D eigenvalue weighted by molar-refractivity contribution is 0.0922. The largest absolute Gasteiger partial charge is 0.444 e. The molecule has 1 fully saturated rings. The molecule has 0 bridgehead atoms. The topological polar surface area (TPSA) is 57.5 Å². The third-order valence-corrected chi connectivity index (χ3v) is 3.37. The van der Waals surface area contributed by atoms with Crippen molar-refractivity contribution < 1.29 is 9.21 Å². The number of rotatable bonds is 5. The van der Waals surface area contributed by atoms with Crippen molar-refractivity contribution in [1.29, 1.82) is 0 Å². The number of carbonyl (C=O) groups is 1. The van der Waals surface area contributed by atoms with Crippen molar-refractivity contribution >= 4 is 21.8 Å². The molecular weight excluding hydrogens is 298 g/mol. The van der Waals surface area contributed by atoms with Gasteiger partial charge in [0.1, 0.15) is 0 Å². The molecule has 0 aromatic carbocycles. The van der Waals surface area contributed by atoms with E-state index < -0.39 is 0 Å². The molecule has 1 amide bonds. The molecule has 1 aliphatic heterocycles. The Bertz CT molecular complexity index is 388. The molecule has 1 aromatic heterocycles. The first kappa shape index (κ1) is 13.6. The van der Waals surface area contributed by atoms with Crippen LogP contribution in [0.1, 0.15) is 17.0 Å². The van der Waals surface area contributed by atoms with E-state index in [1.54, 1.807) is 12.1 Å². The van der Waals surface area contributed by atoms with Crippen LogP contribution in [0.3, 0.4) is 0 Å². The van der Waals surface area contributed by atoms with E-state index in [1.165, 1.54) is 0 Å². The zero-order chi connectivity index (χ0) is 12.8. The van der Waals surface area contributed by atoms with Crippen LogP contribution in [-0.2, 0) is 0 Å². The van der Waals surface area contributed by atoms with E-state index in [9.17, 15) is 4.79 Å². The maximum atomic E-state index is 11.7. The minimum Gasteiger partial charge on any atom is -0.444 e. The van der Waals surface area contributed by atoms with Gasteiger partial charge in [0.2, 0.25) is 0 Å². The van der Waals surface area contributed by atoms with Gasteiger partial charge in [0.15, 0.2) is 10.4 Å². The number of furan rings is 1. The minimum atomic E-state index is -0.152. The van der Waals surface area contributed by atoms with Gasteiger partial charge in [0.25, 0.3) is 5.91 Å². The van der Waals surface area contributed by atoms with E-state index >= 15 is 0 Å². The quantitative estimate of drug-likeness (QED) is 0.798. The van der Waals surface area contributed by atoms with Crippen LogP contribution in [-0.4, -0.2) is 50.1 Å². The van der Waals surface area contributed by atoms with Crippen LogP contribution in [0.25, 0.3) is 0 Å². The van der Waals surface area contributed by atoms with Crippen molar-refractivity contribution in [3.63, 3.8) is 0 Å². The molecule has 6 heteroatoms. The fourth-order valence-electron chi connectivity index (χ4n) is 1.96. The van der Waals surface area contributed by atoms with Gasteiger partial charge in [0, 0.05) is 32.7 Å². The van der Waals surface area contributed by atoms with Gasteiger partial charge in [-0.1, -0.05) is 0 Å². The zero-order valence-electron chi connectivity index (χ0n) is 10.2. The molecule has 0 saturated carbocycles. The highest BCUT2D eigenvalue weighted by Crippen LogP contribution is 2.13. The van der Waals surface area contributed by atoms with Crippen molar-refractivity contribution in [1.82, 2.24) is 15.5 Å². The Morgan fingerprint density at radius 3 is 2.89 bits per heavy atom. The molecule has 2 N–H and O–H groups in total. The van der Waals surface area contributed by atoms with E-state index in [0.29, 0.717) is 17.0 Å². The summed E-state index contributed by atoms with van der Waals surface area (Å²) in [5.74, 6) is 0.199. The summed E-state index contributed by atoms with van der Waals surface area (Å²) in [5.41, 5.74) is 0. The van der Waals surface area contributed by atoms with Crippen LogP contribution in [0.2, 0.25) is 0 Å². The number of nitrogens with zero attached hydrogens (tertiary/aromatic N) is 1. The van der Waals surface area contributed by atoms with E-state index in [1.807, 2.05) is 0 Å². The van der Waals surface area contributed by atoms with E-state index in [2.05, 4.69) is 31.5 Å². The lowest BCUT2D eigenvalue weighted by Gasteiger charge is -2.26. The molecule has 5 nitrogen and oxygen atoms in total. The van der Waals surface area contributed by atoms with Gasteiger partial charge in [-0.3, -0.25) is 4.79 Å². The summed E-state index contributed by atoms with van der Waals surface area (Å²) in [6.45, 7) is 6.03. The summed E-state index contributed by atoms with van der Waals surface area (Å²) < 4.78 is 5.76. The van der Waals surface area contributed by atoms with Crippen LogP contribution in [0.5, 0.6) is 0 Å². The maximum absolute atomic E-state index is 11.7. The van der Waals surface area contributed by atoms with Crippen molar-refractivity contribution in [3.05, 3.63) is 22.6 Å². The van der Waals surface area contributed by atoms with E-state index in [-0.39, 0.29) is 5.91 Å². The number of piperazine rings is 1. The highest BCUT2D eigenvalue weighted by molar-refractivity contribution is 9.10. The third-order valence-electron chi connectivity index (χ3n) is 2.94. The van der Waals surface area contributed by atoms with Gasteiger partial charge in [-0.2, -0.15) is 0 Å². The summed E-state index contributed by atoms with van der Waals surface area (Å²) in [6.07, 6.45) is 0.966. The Morgan fingerprint density at radius 2 is 2.22 bits per heavy atom. The van der Waals surface area contributed by atoms with E-state index in [0.717, 1.165) is 39.1 Å². The van der Waals surface area contributed by atoms with Crippen molar-refractivity contribution in [2.24, 2.45) is 0 Å². The monoisotopic (exact) mass is 315 g/mol. The second-order valence-electron chi connectivity index (χ2n) is 4.30. The average Bonchev–Trinajstić information content (AvgIpc) is 2.82. The molecular formula is C12H18BrN3O2. The highest BCUT2D eigenvalue weighted by atomic mass is 79.9. The number of amides is 1. The van der Waals surface area contributed by atoms with Gasteiger partial charge >= 0.3 is 0 Å². The van der Waals surface area contributed by atoms with Crippen LogP contribution in [0.15, 0.2) is 21.2 Å². The molecule has 18 heavy (non-hydrogen) atoms. The number of hydrogen-bond acceptors (Lipinski definition) is 4. The summed E-state index contributed by atoms with van der Waals surface area (Å²) in [5, 5.41) is 6.17. The predicted molar refractivity (Wildman–Crippen MR) is 72.7 cm³/mol. The van der Waals surface area contributed by atoms with Crippen molar-refractivity contribution in [3.8, 4) is 0 Å². The Kier molecular flexibility index (Phi) is 5.22. The normalized spacial score (nSPS) is 16.7. The Morgan fingerprint density at radius 1 is 1.44 bits per heavy atom. The lowest BCUT2D eigenvalue weighted by atomic mass is 10.3. The molecule has 0 atom stereocenters. The molecule has 1 saturated heterocycles. The molecule has 1 aliphatic rings. The fourth-order valence-corrected chi connectivity index (χ4v) is 2.27. The molecule has 1 aromatic rings. The van der Waals surface area contributed by atoms with Gasteiger partial charge in [-0.25, -0.2) is 0 Å². The lowest BCUT2D eigenvalue weighted by Crippen LogP contribution is -2.44. The maximum Gasteiger partial charge on any atom is 0.287 e. The molecule has 2 heterocycles. The van der Waals surface area contributed by atoms with Crippen molar-refractivity contribution in [2.45, 2.75) is 6.42 Å². The smallest absolute Gasteiger partial charge is 0.287 e. The van der Waals surface area contributed by atoms with E-state index in [4.69, 9.17) is 4.42 Å². The molecule has 2 rings (SSSR count). The highest BCUT2D eigenvalue weighted by Gasteiger charge is 2.11. The van der Waals surface area contributed by atoms with Crippen LogP contribution >= 0.6 is 15.9 Å². The van der Waals surface area contributed by atoms with Crippen LogP contribution in [0, 0.1) is 0 Å². The number of hydrogen-bond donors (Lipinski definition) is 2.